The summed E-state index contributed by atoms with van der Waals surface area (Å²) >= 11 is 0. The molecule has 3 N–H and O–H groups in total. The Morgan fingerprint density at radius 2 is 1.90 bits per heavy atom. The molecule has 0 saturated carbocycles. The van der Waals surface area contributed by atoms with Gasteiger partial charge in [0.2, 0.25) is 5.91 Å². The normalized spacial score (nSPS) is 18.5. The van der Waals surface area contributed by atoms with E-state index >= 15 is 0 Å². The topological polar surface area (TPSA) is 117 Å². The van der Waals surface area contributed by atoms with E-state index < -0.39 is 41.8 Å². The number of nitrogens with zero attached hydrogens (tertiary/aromatic N) is 1. The minimum Gasteiger partial charge on any atom is -0.382 e. The van der Waals surface area contributed by atoms with Crippen molar-refractivity contribution in [1.29, 1.82) is 0 Å². The summed E-state index contributed by atoms with van der Waals surface area (Å²) in [5.74, 6) is -1.91. The minimum absolute atomic E-state index is 0.210. The zero-order valence-corrected chi connectivity index (χ0v) is 16.4. The van der Waals surface area contributed by atoms with Gasteiger partial charge in [0.25, 0.3) is 5.91 Å². The van der Waals surface area contributed by atoms with Crippen LogP contribution in [0.25, 0.3) is 0 Å². The van der Waals surface area contributed by atoms with E-state index in [4.69, 9.17) is 4.74 Å². The average Bonchev–Trinajstić information content (AvgIpc) is 2.93. The maximum absolute atomic E-state index is 13.2. The molecule has 1 aliphatic heterocycles. The van der Waals surface area contributed by atoms with Crippen molar-refractivity contribution >= 4 is 23.9 Å². The first-order valence-corrected chi connectivity index (χ1v) is 9.39. The zero-order chi connectivity index (χ0) is 21.4. The molecular formula is C19H25FN4O5. The summed E-state index contributed by atoms with van der Waals surface area (Å²) in [5.41, 5.74) is -0.971. The van der Waals surface area contributed by atoms with Crippen LogP contribution in [0.3, 0.4) is 0 Å². The quantitative estimate of drug-likeness (QED) is 0.420. The number of imide groups is 2. The molecule has 10 heteroatoms. The van der Waals surface area contributed by atoms with Crippen molar-refractivity contribution in [3.63, 3.8) is 0 Å². The van der Waals surface area contributed by atoms with E-state index in [9.17, 15) is 23.6 Å². The number of amides is 6. The van der Waals surface area contributed by atoms with Gasteiger partial charge in [-0.25, -0.2) is 14.0 Å². The fourth-order valence-electron chi connectivity index (χ4n) is 3.02. The van der Waals surface area contributed by atoms with Crippen LogP contribution in [0.4, 0.5) is 14.0 Å². The lowest BCUT2D eigenvalue weighted by atomic mass is 9.87. The van der Waals surface area contributed by atoms with Crippen LogP contribution in [0, 0.1) is 5.82 Å². The summed E-state index contributed by atoms with van der Waals surface area (Å²) in [6.07, 6.45) is 0.792. The van der Waals surface area contributed by atoms with Crippen LogP contribution in [0.1, 0.15) is 32.3 Å². The minimum atomic E-state index is -1.38. The Balaban J connectivity index is 1.96. The van der Waals surface area contributed by atoms with Gasteiger partial charge in [0.15, 0.2) is 0 Å². The second-order valence-electron chi connectivity index (χ2n) is 6.44. The third-order valence-corrected chi connectivity index (χ3v) is 4.55. The molecule has 158 valence electrons. The van der Waals surface area contributed by atoms with E-state index in [1.54, 1.807) is 6.92 Å². The average molecular weight is 408 g/mol. The van der Waals surface area contributed by atoms with Gasteiger partial charge in [-0.05, 0) is 37.5 Å². The lowest BCUT2D eigenvalue weighted by molar-refractivity contribution is -0.135. The SMILES string of the molecule is CCOCCCNC(=O)NC(=O)CN1C(=O)N[C@](CC)(c2ccc(F)cc2)C1=O. The van der Waals surface area contributed by atoms with Crippen molar-refractivity contribution < 1.29 is 28.3 Å². The van der Waals surface area contributed by atoms with E-state index in [-0.39, 0.29) is 6.42 Å². The molecule has 6 amide bonds. The highest BCUT2D eigenvalue weighted by Gasteiger charge is 2.51. The molecule has 0 aliphatic carbocycles. The lowest BCUT2D eigenvalue weighted by Gasteiger charge is -2.25. The van der Waals surface area contributed by atoms with Gasteiger partial charge in [0.1, 0.15) is 17.9 Å². The first-order valence-electron chi connectivity index (χ1n) is 9.39. The van der Waals surface area contributed by atoms with Gasteiger partial charge < -0.3 is 15.4 Å². The summed E-state index contributed by atoms with van der Waals surface area (Å²) in [6, 6.07) is 3.73. The molecule has 1 fully saturated rings. The number of nitrogens with one attached hydrogen (secondary N) is 3. The van der Waals surface area contributed by atoms with Crippen molar-refractivity contribution in [2.45, 2.75) is 32.2 Å². The van der Waals surface area contributed by atoms with Crippen LogP contribution in [-0.2, 0) is 19.9 Å². The standard InChI is InChI=1S/C19H25FN4O5/c1-3-19(13-6-8-14(20)9-7-13)16(26)24(18(28)23-19)12-15(25)22-17(27)21-10-5-11-29-4-2/h6-9H,3-5,10-12H2,1-2H3,(H,23,28)(H2,21,22,25,27)/t19-/m1/s1. The zero-order valence-electron chi connectivity index (χ0n) is 16.4. The van der Waals surface area contributed by atoms with Crippen molar-refractivity contribution in [3.8, 4) is 0 Å². The second-order valence-corrected chi connectivity index (χ2v) is 6.44. The molecule has 1 atom stereocenters. The summed E-state index contributed by atoms with van der Waals surface area (Å²) in [4.78, 5) is 49.8. The van der Waals surface area contributed by atoms with Gasteiger partial charge >= 0.3 is 12.1 Å². The predicted octanol–water partition coefficient (Wildman–Crippen LogP) is 1.24. The van der Waals surface area contributed by atoms with Gasteiger partial charge in [0.05, 0.1) is 0 Å². The van der Waals surface area contributed by atoms with Crippen LogP contribution >= 0.6 is 0 Å². The number of rotatable bonds is 9. The Morgan fingerprint density at radius 1 is 1.21 bits per heavy atom. The molecule has 0 spiro atoms. The number of carbonyl (C=O) groups is 4. The van der Waals surface area contributed by atoms with E-state index in [1.165, 1.54) is 24.3 Å². The maximum atomic E-state index is 13.2. The van der Waals surface area contributed by atoms with Gasteiger partial charge in [0, 0.05) is 19.8 Å². The van der Waals surface area contributed by atoms with Crippen molar-refractivity contribution in [3.05, 3.63) is 35.6 Å². The Morgan fingerprint density at radius 3 is 2.52 bits per heavy atom. The number of urea groups is 2. The van der Waals surface area contributed by atoms with Crippen molar-refractivity contribution in [2.24, 2.45) is 0 Å². The Bertz CT molecular complexity index is 770. The van der Waals surface area contributed by atoms with Crippen molar-refractivity contribution in [2.75, 3.05) is 26.3 Å². The Hall–Kier alpha value is -3.01. The van der Waals surface area contributed by atoms with Crippen LogP contribution in [0.5, 0.6) is 0 Å². The summed E-state index contributed by atoms with van der Waals surface area (Å²) < 4.78 is 18.3. The molecule has 9 nitrogen and oxygen atoms in total. The summed E-state index contributed by atoms with van der Waals surface area (Å²) in [7, 11) is 0. The largest absolute Gasteiger partial charge is 0.382 e. The predicted molar refractivity (Wildman–Crippen MR) is 101 cm³/mol. The van der Waals surface area contributed by atoms with E-state index in [1.807, 2.05) is 6.92 Å². The Labute approximate surface area is 168 Å². The number of ether oxygens (including phenoxy) is 1. The van der Waals surface area contributed by atoms with Gasteiger partial charge in [-0.3, -0.25) is 19.8 Å². The van der Waals surface area contributed by atoms with Crippen molar-refractivity contribution in [1.82, 2.24) is 20.9 Å². The lowest BCUT2D eigenvalue weighted by Crippen LogP contribution is -2.47. The smallest absolute Gasteiger partial charge is 0.325 e. The van der Waals surface area contributed by atoms with E-state index in [0.717, 1.165) is 4.90 Å². The molecule has 0 unspecified atom stereocenters. The third kappa shape index (κ3) is 5.29. The maximum Gasteiger partial charge on any atom is 0.325 e. The monoisotopic (exact) mass is 408 g/mol. The first kappa shape index (κ1) is 22.3. The van der Waals surface area contributed by atoms with Crippen LogP contribution in [0.2, 0.25) is 0 Å². The molecule has 2 rings (SSSR count). The fraction of sp³-hybridized carbons (Fsp3) is 0.474. The molecule has 0 bridgehead atoms. The van der Waals surface area contributed by atoms with Crippen LogP contribution in [0.15, 0.2) is 24.3 Å². The first-order chi connectivity index (χ1) is 13.8. The molecule has 1 aromatic carbocycles. The van der Waals surface area contributed by atoms with Crippen LogP contribution < -0.4 is 16.0 Å². The number of halogens is 1. The molecule has 29 heavy (non-hydrogen) atoms. The highest BCUT2D eigenvalue weighted by molar-refractivity contribution is 6.10. The number of carbonyl (C=O) groups excluding carboxylic acids is 4. The molecule has 1 heterocycles. The second kappa shape index (κ2) is 9.97. The van der Waals surface area contributed by atoms with E-state index in [2.05, 4.69) is 16.0 Å². The fourth-order valence-corrected chi connectivity index (χ4v) is 3.02. The molecule has 1 aromatic rings. The van der Waals surface area contributed by atoms with Crippen LogP contribution in [-0.4, -0.2) is 55.1 Å². The molecule has 1 saturated heterocycles. The van der Waals surface area contributed by atoms with Gasteiger partial charge in [-0.1, -0.05) is 19.1 Å². The third-order valence-electron chi connectivity index (χ3n) is 4.55. The summed E-state index contributed by atoms with van der Waals surface area (Å²) in [5, 5.41) is 7.15. The highest BCUT2D eigenvalue weighted by atomic mass is 19.1. The molecule has 0 radical (unpaired) electrons. The number of hydrogen-bond donors (Lipinski definition) is 3. The number of hydrogen-bond acceptors (Lipinski definition) is 5. The summed E-state index contributed by atoms with van der Waals surface area (Å²) in [6.45, 7) is 4.31. The van der Waals surface area contributed by atoms with Gasteiger partial charge in [-0.15, -0.1) is 0 Å². The molecular weight excluding hydrogens is 383 g/mol. The van der Waals surface area contributed by atoms with Gasteiger partial charge in [-0.2, -0.15) is 0 Å². The molecule has 1 aliphatic rings. The Kier molecular flexibility index (Phi) is 7.66. The number of benzene rings is 1. The molecule has 0 aromatic heterocycles. The van der Waals surface area contributed by atoms with E-state index in [0.29, 0.717) is 31.7 Å². The highest BCUT2D eigenvalue weighted by Crippen LogP contribution is 2.32.